The Morgan fingerprint density at radius 3 is 2.26 bits per heavy atom. The lowest BCUT2D eigenvalue weighted by Gasteiger charge is -2.28. The van der Waals surface area contributed by atoms with Crippen molar-refractivity contribution in [3.8, 4) is 0 Å². The first-order valence-corrected chi connectivity index (χ1v) is 6.25. The molecule has 0 amide bonds. The number of alkyl halides is 3. The molecule has 0 saturated carbocycles. The fourth-order valence-corrected chi connectivity index (χ4v) is 2.13. The maximum absolute atomic E-state index is 12.5. The Morgan fingerprint density at radius 2 is 1.74 bits per heavy atom. The smallest absolute Gasteiger partial charge is 0.314 e. The zero-order valence-corrected chi connectivity index (χ0v) is 10.6. The summed E-state index contributed by atoms with van der Waals surface area (Å²) in [6, 6.07) is 5.21. The number of nitrogens with zero attached hydrogens (tertiary/aromatic N) is 1. The van der Waals surface area contributed by atoms with Crippen LogP contribution in [0.5, 0.6) is 0 Å². The van der Waals surface area contributed by atoms with E-state index in [9.17, 15) is 13.2 Å². The van der Waals surface area contributed by atoms with Crippen molar-refractivity contribution in [3.63, 3.8) is 0 Å². The summed E-state index contributed by atoms with van der Waals surface area (Å²) in [6.45, 7) is 8.45. The zero-order chi connectivity index (χ0) is 13.9. The van der Waals surface area contributed by atoms with Crippen molar-refractivity contribution in [2.45, 2.75) is 6.18 Å². The number of hydrogen-bond acceptors (Lipinski definition) is 2. The van der Waals surface area contributed by atoms with E-state index in [1.165, 1.54) is 12.1 Å². The molecule has 1 heterocycles. The van der Waals surface area contributed by atoms with E-state index in [0.29, 0.717) is 6.54 Å². The van der Waals surface area contributed by atoms with Crippen LogP contribution >= 0.6 is 0 Å². The molecule has 1 aliphatic rings. The summed E-state index contributed by atoms with van der Waals surface area (Å²) < 4.78 is 37.4. The van der Waals surface area contributed by atoms with Crippen molar-refractivity contribution in [2.24, 2.45) is 0 Å². The molecular formula is C14H17F3N2. The van der Waals surface area contributed by atoms with Gasteiger partial charge in [0.15, 0.2) is 0 Å². The lowest BCUT2D eigenvalue weighted by atomic mass is 10.0. The van der Waals surface area contributed by atoms with Crippen molar-refractivity contribution in [1.29, 1.82) is 0 Å². The third kappa shape index (κ3) is 3.81. The van der Waals surface area contributed by atoms with E-state index in [1.54, 1.807) is 0 Å². The molecular weight excluding hydrogens is 253 g/mol. The predicted octanol–water partition coefficient (Wildman–Crippen LogP) is 2.62. The van der Waals surface area contributed by atoms with Crippen LogP contribution in [0, 0.1) is 0 Å². The first-order valence-electron chi connectivity index (χ1n) is 6.25. The molecule has 1 fully saturated rings. The highest BCUT2D eigenvalue weighted by molar-refractivity contribution is 5.65. The second-order valence-corrected chi connectivity index (χ2v) is 4.70. The maximum Gasteiger partial charge on any atom is 0.416 e. The van der Waals surface area contributed by atoms with E-state index in [4.69, 9.17) is 0 Å². The van der Waals surface area contributed by atoms with Crippen molar-refractivity contribution in [2.75, 3.05) is 32.7 Å². The maximum atomic E-state index is 12.5. The molecule has 0 aromatic heterocycles. The normalized spacial score (nSPS) is 17.4. The van der Waals surface area contributed by atoms with E-state index in [2.05, 4.69) is 16.8 Å². The minimum Gasteiger partial charge on any atom is -0.314 e. The van der Waals surface area contributed by atoms with Crippen LogP contribution in [0.25, 0.3) is 5.57 Å². The zero-order valence-electron chi connectivity index (χ0n) is 10.6. The van der Waals surface area contributed by atoms with E-state index in [-0.39, 0.29) is 0 Å². The van der Waals surface area contributed by atoms with Gasteiger partial charge in [-0.3, -0.25) is 4.90 Å². The number of halogens is 3. The summed E-state index contributed by atoms with van der Waals surface area (Å²) in [5.74, 6) is 0. The van der Waals surface area contributed by atoms with Gasteiger partial charge < -0.3 is 5.32 Å². The van der Waals surface area contributed by atoms with Crippen molar-refractivity contribution in [1.82, 2.24) is 10.2 Å². The standard InChI is InChI=1S/C14H17F3N2/c1-11(10-19-8-6-18-7-9-19)12-2-4-13(5-3-12)14(15,16)17/h2-5,18H,1,6-10H2. The van der Waals surface area contributed by atoms with Crippen LogP contribution in [-0.2, 0) is 6.18 Å². The first-order chi connectivity index (χ1) is 8.97. The highest BCUT2D eigenvalue weighted by Crippen LogP contribution is 2.29. The molecule has 2 nitrogen and oxygen atoms in total. The van der Waals surface area contributed by atoms with E-state index >= 15 is 0 Å². The summed E-state index contributed by atoms with van der Waals surface area (Å²) in [6.07, 6.45) is -4.28. The Labute approximate surface area is 110 Å². The van der Waals surface area contributed by atoms with Gasteiger partial charge in [-0.2, -0.15) is 13.2 Å². The monoisotopic (exact) mass is 270 g/mol. The van der Waals surface area contributed by atoms with Gasteiger partial charge in [-0.25, -0.2) is 0 Å². The Hall–Kier alpha value is -1.33. The van der Waals surface area contributed by atoms with Gasteiger partial charge in [-0.1, -0.05) is 18.7 Å². The lowest BCUT2D eigenvalue weighted by molar-refractivity contribution is -0.137. The number of nitrogens with one attached hydrogen (secondary N) is 1. The summed E-state index contributed by atoms with van der Waals surface area (Å²) in [5.41, 5.74) is 1.01. The average Bonchev–Trinajstić information content (AvgIpc) is 2.39. The van der Waals surface area contributed by atoms with Crippen LogP contribution < -0.4 is 5.32 Å². The van der Waals surface area contributed by atoms with E-state index < -0.39 is 11.7 Å². The van der Waals surface area contributed by atoms with Gasteiger partial charge >= 0.3 is 6.18 Å². The van der Waals surface area contributed by atoms with Crippen molar-refractivity contribution in [3.05, 3.63) is 42.0 Å². The Balaban J connectivity index is 1.99. The molecule has 0 aliphatic carbocycles. The summed E-state index contributed by atoms with van der Waals surface area (Å²) >= 11 is 0. The second-order valence-electron chi connectivity index (χ2n) is 4.70. The first kappa shape index (κ1) is 14.1. The molecule has 0 radical (unpaired) electrons. The van der Waals surface area contributed by atoms with Gasteiger partial charge in [0.25, 0.3) is 0 Å². The van der Waals surface area contributed by atoms with E-state index in [0.717, 1.165) is 49.4 Å². The Kier molecular flexibility index (Phi) is 4.27. The van der Waals surface area contributed by atoms with Crippen LogP contribution in [0.4, 0.5) is 13.2 Å². The van der Waals surface area contributed by atoms with E-state index in [1.807, 2.05) is 0 Å². The van der Waals surface area contributed by atoms with Crippen molar-refractivity contribution < 1.29 is 13.2 Å². The molecule has 0 atom stereocenters. The van der Waals surface area contributed by atoms with Crippen molar-refractivity contribution >= 4 is 5.57 Å². The summed E-state index contributed by atoms with van der Waals surface area (Å²) in [4.78, 5) is 2.25. The average molecular weight is 270 g/mol. The Bertz CT molecular complexity index is 431. The number of rotatable bonds is 3. The lowest BCUT2D eigenvalue weighted by Crippen LogP contribution is -2.43. The predicted molar refractivity (Wildman–Crippen MR) is 69.8 cm³/mol. The molecule has 1 aromatic rings. The second kappa shape index (κ2) is 5.75. The van der Waals surface area contributed by atoms with Gasteiger partial charge in [0.1, 0.15) is 0 Å². The van der Waals surface area contributed by atoms with Crippen LogP contribution in [0.3, 0.4) is 0 Å². The van der Waals surface area contributed by atoms with Crippen LogP contribution in [-0.4, -0.2) is 37.6 Å². The molecule has 1 N–H and O–H groups in total. The summed E-state index contributed by atoms with van der Waals surface area (Å²) in [7, 11) is 0. The molecule has 0 spiro atoms. The number of piperazine rings is 1. The molecule has 1 aromatic carbocycles. The van der Waals surface area contributed by atoms with Gasteiger partial charge in [0, 0.05) is 32.7 Å². The fraction of sp³-hybridized carbons (Fsp3) is 0.429. The molecule has 104 valence electrons. The van der Waals surface area contributed by atoms with Gasteiger partial charge in [0.2, 0.25) is 0 Å². The molecule has 19 heavy (non-hydrogen) atoms. The largest absolute Gasteiger partial charge is 0.416 e. The van der Waals surface area contributed by atoms with Crippen LogP contribution in [0.2, 0.25) is 0 Å². The van der Waals surface area contributed by atoms with Gasteiger partial charge in [-0.15, -0.1) is 0 Å². The molecule has 5 heteroatoms. The molecule has 1 aliphatic heterocycles. The minimum atomic E-state index is -4.28. The third-order valence-corrected chi connectivity index (χ3v) is 3.24. The van der Waals surface area contributed by atoms with Gasteiger partial charge in [0.05, 0.1) is 5.56 Å². The molecule has 0 unspecified atom stereocenters. The molecule has 1 saturated heterocycles. The number of benzene rings is 1. The molecule has 0 bridgehead atoms. The summed E-state index contributed by atoms with van der Waals surface area (Å²) in [5, 5.41) is 3.26. The van der Waals surface area contributed by atoms with Gasteiger partial charge in [-0.05, 0) is 23.3 Å². The number of hydrogen-bond donors (Lipinski definition) is 1. The highest BCUT2D eigenvalue weighted by atomic mass is 19.4. The fourth-order valence-electron chi connectivity index (χ4n) is 2.13. The van der Waals surface area contributed by atoms with Crippen LogP contribution in [0.15, 0.2) is 30.8 Å². The topological polar surface area (TPSA) is 15.3 Å². The minimum absolute atomic E-state index is 0.619. The SMILES string of the molecule is C=C(CN1CCNCC1)c1ccc(C(F)(F)F)cc1. The third-order valence-electron chi connectivity index (χ3n) is 3.24. The Morgan fingerprint density at radius 1 is 1.16 bits per heavy atom. The highest BCUT2D eigenvalue weighted by Gasteiger charge is 2.30. The van der Waals surface area contributed by atoms with Crippen LogP contribution in [0.1, 0.15) is 11.1 Å². The molecule has 2 rings (SSSR count). The quantitative estimate of drug-likeness (QED) is 0.908.